The molecule has 0 saturated heterocycles. The summed E-state index contributed by atoms with van der Waals surface area (Å²) in [5, 5.41) is 0. The highest BCUT2D eigenvalue weighted by molar-refractivity contribution is 7.98. The Labute approximate surface area is 391 Å². The van der Waals surface area contributed by atoms with Gasteiger partial charge in [0.1, 0.15) is 0 Å². The minimum atomic E-state index is 0.832. The Hall–Kier alpha value is -7.83. The van der Waals surface area contributed by atoms with Crippen LogP contribution in [0, 0.1) is 65.7 Å². The summed E-state index contributed by atoms with van der Waals surface area (Å²) in [4.78, 5) is 20.2. The number of nitrogens with one attached hydrogen (secondary N) is 2. The van der Waals surface area contributed by atoms with E-state index >= 15 is 0 Å². The lowest BCUT2D eigenvalue weighted by Crippen LogP contribution is -1.95. The molecule has 0 saturated carbocycles. The first kappa shape index (κ1) is 42.1. The largest absolute Gasteiger partial charge is 0.354 e. The molecular weight excluding hydrogens is 821 g/mol. The number of benzene rings is 5. The molecule has 0 amide bonds. The number of nitrogens with zero attached hydrogens (tertiary/aromatic N) is 2. The number of aromatic nitrogens is 4. The van der Waals surface area contributed by atoms with Crippen LogP contribution in [0.3, 0.4) is 0 Å². The fourth-order valence-corrected chi connectivity index (χ4v) is 10.2. The molecule has 0 unspecified atom stereocenters. The number of aromatic amines is 2. The molecule has 10 rings (SSSR count). The molecule has 5 heterocycles. The third kappa shape index (κ3) is 7.89. The molecule has 2 aliphatic rings. The highest BCUT2D eigenvalue weighted by Crippen LogP contribution is 2.41. The Morgan fingerprint density at radius 2 is 0.833 bits per heavy atom. The number of hydrogen-bond donors (Lipinski definition) is 2. The highest BCUT2D eigenvalue weighted by Gasteiger charge is 2.22. The van der Waals surface area contributed by atoms with E-state index in [4.69, 9.17) is 16.4 Å². The molecule has 2 aliphatic heterocycles. The maximum atomic E-state index is 5.85. The monoisotopic (exact) mass is 868 g/mol. The molecule has 0 spiro atoms. The van der Waals surface area contributed by atoms with Gasteiger partial charge in [0.25, 0.3) is 0 Å². The van der Waals surface area contributed by atoms with Crippen LogP contribution in [0.15, 0.2) is 126 Å². The van der Waals surface area contributed by atoms with Gasteiger partial charge in [-0.15, -0.1) is 18.2 Å². The van der Waals surface area contributed by atoms with Crippen molar-refractivity contribution in [2.45, 2.75) is 46.4 Å². The molecule has 66 heavy (non-hydrogen) atoms. The van der Waals surface area contributed by atoms with Gasteiger partial charge in [-0.05, 0) is 183 Å². The van der Waals surface area contributed by atoms with E-state index in [1.54, 1.807) is 11.8 Å². The van der Waals surface area contributed by atoms with E-state index < -0.39 is 0 Å². The van der Waals surface area contributed by atoms with Gasteiger partial charge in [0.15, 0.2) is 0 Å². The second-order valence-electron chi connectivity index (χ2n) is 17.3. The summed E-state index contributed by atoms with van der Waals surface area (Å²) < 4.78 is 0. The number of rotatable bonds is 5. The van der Waals surface area contributed by atoms with Gasteiger partial charge >= 0.3 is 0 Å². The summed E-state index contributed by atoms with van der Waals surface area (Å²) in [6.07, 6.45) is 16.5. The zero-order chi connectivity index (χ0) is 45.6. The standard InChI is InChI=1S/C61H48N4S/c1-9-42-15-19-45(20-16-42)58-48-23-27-52(62-48)60(56-38(4)31-36(2)32-39(56)5)54-29-25-50(64-54)59(46-21-17-43(18-22-46)13-14-44-11-10-12-47(35-44)66-8)51-26-30-55(65-51)61(53-28-24-49(58)63-53)57-40(6)33-37(3)34-41(57)7/h1,10-12,15-35,62-63H,2-8H3. The van der Waals surface area contributed by atoms with Gasteiger partial charge in [0, 0.05) is 65.9 Å². The Kier molecular flexibility index (Phi) is 11.0. The zero-order valence-electron chi connectivity index (χ0n) is 38.2. The first-order valence-corrected chi connectivity index (χ1v) is 23.4. The van der Waals surface area contributed by atoms with Crippen molar-refractivity contribution < 1.29 is 0 Å². The van der Waals surface area contributed by atoms with Crippen LogP contribution in [0.4, 0.5) is 0 Å². The Morgan fingerprint density at radius 1 is 0.424 bits per heavy atom. The molecule has 5 heteroatoms. The Bertz CT molecular complexity index is 3430. The van der Waals surface area contributed by atoms with Crippen molar-refractivity contribution in [2.24, 2.45) is 0 Å². The minimum absolute atomic E-state index is 0.832. The predicted molar refractivity (Wildman–Crippen MR) is 281 cm³/mol. The van der Waals surface area contributed by atoms with Gasteiger partial charge in [-0.1, -0.05) is 83.5 Å². The SMILES string of the molecule is C#Cc1ccc(-c2c3ccc([nH]3)c(-c3c(C)cc(C)cc3C)c3nc(c(-c4ccc(C#Cc5cccc(SC)c5)cc4)c4nc(c(-c5c(C)cc(C)cc5C)c5ccc2[nH]5)C=C4)C=C3)cc1. The average Bonchev–Trinajstić information content (AvgIpc) is 4.16. The predicted octanol–water partition coefficient (Wildman–Crippen LogP) is 15.3. The molecular formula is C61H48N4S. The molecule has 318 valence electrons. The quantitative estimate of drug-likeness (QED) is 0.134. The Balaban J connectivity index is 1.32. The first-order chi connectivity index (χ1) is 32.0. The van der Waals surface area contributed by atoms with Gasteiger partial charge in [-0.25, -0.2) is 9.97 Å². The van der Waals surface area contributed by atoms with Crippen molar-refractivity contribution in [1.82, 2.24) is 19.9 Å². The van der Waals surface area contributed by atoms with Gasteiger partial charge in [0.2, 0.25) is 0 Å². The van der Waals surface area contributed by atoms with Crippen LogP contribution in [-0.2, 0) is 0 Å². The topological polar surface area (TPSA) is 57.4 Å². The van der Waals surface area contributed by atoms with Crippen LogP contribution < -0.4 is 0 Å². The molecule has 2 N–H and O–H groups in total. The number of fused-ring (bicyclic) bond motifs is 8. The number of thioether (sulfide) groups is 1. The molecule has 8 bridgehead atoms. The third-order valence-electron chi connectivity index (χ3n) is 12.5. The van der Waals surface area contributed by atoms with E-state index in [1.807, 2.05) is 12.1 Å². The lowest BCUT2D eigenvalue weighted by molar-refractivity contribution is 1.26. The molecule has 8 aromatic rings. The number of terminal acetylenes is 1. The van der Waals surface area contributed by atoms with Crippen LogP contribution in [-0.4, -0.2) is 26.2 Å². The maximum absolute atomic E-state index is 5.85. The van der Waals surface area contributed by atoms with E-state index in [0.29, 0.717) is 0 Å². The molecule has 0 aliphatic carbocycles. The molecule has 0 fully saturated rings. The number of hydrogen-bond acceptors (Lipinski definition) is 3. The van der Waals surface area contributed by atoms with E-state index in [1.165, 1.54) is 38.3 Å². The smallest absolute Gasteiger partial charge is 0.0738 e. The van der Waals surface area contributed by atoms with Crippen LogP contribution in [0.2, 0.25) is 0 Å². The summed E-state index contributed by atoms with van der Waals surface area (Å²) in [7, 11) is 0. The highest BCUT2D eigenvalue weighted by atomic mass is 32.2. The zero-order valence-corrected chi connectivity index (χ0v) is 39.1. The summed E-state index contributed by atoms with van der Waals surface area (Å²) in [6.45, 7) is 13.1. The van der Waals surface area contributed by atoms with E-state index in [-0.39, 0.29) is 0 Å². The lowest BCUT2D eigenvalue weighted by Gasteiger charge is -2.13. The molecule has 3 aromatic heterocycles. The van der Waals surface area contributed by atoms with Crippen LogP contribution in [0.25, 0.3) is 90.9 Å². The molecule has 4 nitrogen and oxygen atoms in total. The molecule has 0 atom stereocenters. The summed E-state index contributed by atoms with van der Waals surface area (Å²) in [5.74, 6) is 9.56. The summed E-state index contributed by atoms with van der Waals surface area (Å²) in [5.41, 5.74) is 25.7. The molecule has 5 aromatic carbocycles. The third-order valence-corrected chi connectivity index (χ3v) is 13.3. The van der Waals surface area contributed by atoms with Gasteiger partial charge in [-0.2, -0.15) is 0 Å². The summed E-state index contributed by atoms with van der Waals surface area (Å²) in [6, 6.07) is 42.9. The van der Waals surface area contributed by atoms with Gasteiger partial charge in [-0.3, -0.25) is 0 Å². The summed E-state index contributed by atoms with van der Waals surface area (Å²) >= 11 is 1.72. The number of aryl methyl sites for hydroxylation is 6. The van der Waals surface area contributed by atoms with Crippen LogP contribution >= 0.6 is 11.8 Å². The fraction of sp³-hybridized carbons (Fsp3) is 0.115. The van der Waals surface area contributed by atoms with Crippen molar-refractivity contribution in [3.8, 4) is 68.7 Å². The van der Waals surface area contributed by atoms with Crippen molar-refractivity contribution in [1.29, 1.82) is 0 Å². The first-order valence-electron chi connectivity index (χ1n) is 22.2. The lowest BCUT2D eigenvalue weighted by atomic mass is 9.92. The van der Waals surface area contributed by atoms with Crippen LogP contribution in [0.5, 0.6) is 0 Å². The van der Waals surface area contributed by atoms with Crippen molar-refractivity contribution in [3.05, 3.63) is 194 Å². The van der Waals surface area contributed by atoms with Gasteiger partial charge < -0.3 is 9.97 Å². The second-order valence-corrected chi connectivity index (χ2v) is 18.2. The van der Waals surface area contributed by atoms with Crippen molar-refractivity contribution in [3.63, 3.8) is 0 Å². The normalized spacial score (nSPS) is 11.7. The second kappa shape index (κ2) is 17.3. The Morgan fingerprint density at radius 3 is 1.29 bits per heavy atom. The van der Waals surface area contributed by atoms with E-state index in [9.17, 15) is 0 Å². The number of H-pyrrole nitrogens is 2. The fourth-order valence-electron chi connectivity index (χ4n) is 9.79. The van der Waals surface area contributed by atoms with E-state index in [2.05, 4.69) is 209 Å². The van der Waals surface area contributed by atoms with Crippen molar-refractivity contribution >= 4 is 58.1 Å². The average molecular weight is 869 g/mol. The minimum Gasteiger partial charge on any atom is -0.354 e. The maximum Gasteiger partial charge on any atom is 0.0738 e. The van der Waals surface area contributed by atoms with Crippen molar-refractivity contribution in [2.75, 3.05) is 6.26 Å². The van der Waals surface area contributed by atoms with Gasteiger partial charge in [0.05, 0.1) is 22.8 Å². The van der Waals surface area contributed by atoms with Crippen LogP contribution in [0.1, 0.15) is 72.8 Å². The van der Waals surface area contributed by atoms with E-state index in [0.717, 1.165) is 106 Å². The molecule has 0 radical (unpaired) electrons.